The zero-order valence-corrected chi connectivity index (χ0v) is 13.2. The molecule has 1 aliphatic rings. The highest BCUT2D eigenvalue weighted by Crippen LogP contribution is 2.28. The van der Waals surface area contributed by atoms with Gasteiger partial charge in [-0.25, -0.2) is 13.4 Å². The van der Waals surface area contributed by atoms with Crippen molar-refractivity contribution in [2.24, 2.45) is 5.92 Å². The predicted molar refractivity (Wildman–Crippen MR) is 83.7 cm³/mol. The molecule has 0 spiro atoms. The lowest BCUT2D eigenvalue weighted by atomic mass is 10.1. The van der Waals surface area contributed by atoms with Crippen molar-refractivity contribution >= 4 is 31.3 Å². The van der Waals surface area contributed by atoms with Gasteiger partial charge in [-0.15, -0.1) is 0 Å². The number of nitrogens with zero attached hydrogens (tertiary/aromatic N) is 3. The zero-order chi connectivity index (χ0) is 15.7. The second kappa shape index (κ2) is 5.73. The molecule has 0 N–H and O–H groups in total. The second-order valence-corrected chi connectivity index (χ2v) is 8.09. The minimum absolute atomic E-state index is 0.0897. The van der Waals surface area contributed by atoms with Gasteiger partial charge in [-0.2, -0.15) is 0 Å². The number of aromatic nitrogens is 2. The first-order valence-electron chi connectivity index (χ1n) is 6.73. The lowest BCUT2D eigenvalue weighted by molar-refractivity contribution is -0.117. The van der Waals surface area contributed by atoms with Crippen LogP contribution in [0, 0.1) is 5.92 Å². The first-order chi connectivity index (χ1) is 10.4. The van der Waals surface area contributed by atoms with Crippen molar-refractivity contribution in [2.75, 3.05) is 17.2 Å². The molecule has 6 nitrogen and oxygen atoms in total. The molecule has 8 heteroatoms. The number of hydrogen-bond acceptors (Lipinski definition) is 4. The molecular formula is C14H14ClN3O3S. The van der Waals surface area contributed by atoms with E-state index in [0.29, 0.717) is 6.54 Å². The molecule has 22 heavy (non-hydrogen) atoms. The average Bonchev–Trinajstić information content (AvgIpc) is 3.07. The lowest BCUT2D eigenvalue weighted by Crippen LogP contribution is -2.25. The molecule has 1 aromatic heterocycles. The first kappa shape index (κ1) is 15.1. The number of benzene rings is 1. The van der Waals surface area contributed by atoms with Gasteiger partial charge in [0.15, 0.2) is 0 Å². The van der Waals surface area contributed by atoms with E-state index in [4.69, 9.17) is 10.7 Å². The van der Waals surface area contributed by atoms with Gasteiger partial charge in [0, 0.05) is 53.3 Å². The molecule has 1 amide bonds. The first-order valence-corrected chi connectivity index (χ1v) is 9.21. The van der Waals surface area contributed by atoms with Gasteiger partial charge < -0.3 is 9.47 Å². The molecule has 1 fully saturated rings. The van der Waals surface area contributed by atoms with Crippen LogP contribution in [-0.2, 0) is 13.8 Å². The van der Waals surface area contributed by atoms with Crippen LogP contribution in [0.1, 0.15) is 6.42 Å². The van der Waals surface area contributed by atoms with E-state index in [9.17, 15) is 13.2 Å². The van der Waals surface area contributed by atoms with E-state index in [1.807, 2.05) is 35.0 Å². The second-order valence-electron chi connectivity index (χ2n) is 5.27. The molecule has 116 valence electrons. The van der Waals surface area contributed by atoms with Gasteiger partial charge in [0.05, 0.1) is 12.1 Å². The number of imidazole rings is 1. The van der Waals surface area contributed by atoms with Crippen molar-refractivity contribution in [1.82, 2.24) is 9.55 Å². The Morgan fingerprint density at radius 2 is 2.09 bits per heavy atom. The average molecular weight is 340 g/mol. The number of rotatable bonds is 4. The van der Waals surface area contributed by atoms with E-state index >= 15 is 0 Å². The topological polar surface area (TPSA) is 72.3 Å². The molecule has 1 aliphatic heterocycles. The molecule has 2 heterocycles. The summed E-state index contributed by atoms with van der Waals surface area (Å²) in [5, 5.41) is 0. The van der Waals surface area contributed by atoms with E-state index in [1.165, 1.54) is 0 Å². The molecule has 0 radical (unpaired) electrons. The molecule has 1 atom stereocenters. The van der Waals surface area contributed by atoms with E-state index in [-0.39, 0.29) is 24.0 Å². The van der Waals surface area contributed by atoms with Gasteiger partial charge in [0.2, 0.25) is 15.0 Å². The minimum Gasteiger partial charge on any atom is -0.312 e. The van der Waals surface area contributed by atoms with Crippen LogP contribution in [-0.4, -0.2) is 36.2 Å². The molecule has 0 bridgehead atoms. The van der Waals surface area contributed by atoms with Crippen molar-refractivity contribution in [2.45, 2.75) is 6.42 Å². The van der Waals surface area contributed by atoms with Crippen molar-refractivity contribution in [3.63, 3.8) is 0 Å². The van der Waals surface area contributed by atoms with Crippen molar-refractivity contribution < 1.29 is 13.2 Å². The molecule has 1 unspecified atom stereocenters. The monoisotopic (exact) mass is 339 g/mol. The van der Waals surface area contributed by atoms with Crippen LogP contribution in [0.5, 0.6) is 0 Å². The quantitative estimate of drug-likeness (QED) is 0.796. The van der Waals surface area contributed by atoms with Crippen LogP contribution in [0.4, 0.5) is 5.69 Å². The normalized spacial score (nSPS) is 18.9. The van der Waals surface area contributed by atoms with Crippen LogP contribution < -0.4 is 4.90 Å². The number of carbonyl (C=O) groups is 1. The number of carbonyl (C=O) groups excluding carboxylic acids is 1. The molecule has 1 aromatic carbocycles. The van der Waals surface area contributed by atoms with Gasteiger partial charge in [-0.05, 0) is 18.2 Å². The van der Waals surface area contributed by atoms with E-state index in [2.05, 4.69) is 4.98 Å². The van der Waals surface area contributed by atoms with Crippen molar-refractivity contribution in [3.05, 3.63) is 43.0 Å². The maximum Gasteiger partial charge on any atom is 0.232 e. The van der Waals surface area contributed by atoms with Gasteiger partial charge in [-0.3, -0.25) is 4.79 Å². The standard InChI is InChI=1S/C14H14ClN3O3S/c15-22(20,21)9-11-6-14(19)18(8-11)13-3-1-2-12(7-13)17-5-4-16-10-17/h1-5,7,10-11H,6,8-9H2. The largest absolute Gasteiger partial charge is 0.312 e. The molecule has 0 saturated carbocycles. The fraction of sp³-hybridized carbons (Fsp3) is 0.286. The highest BCUT2D eigenvalue weighted by molar-refractivity contribution is 8.13. The third-order valence-electron chi connectivity index (χ3n) is 3.58. The Balaban J connectivity index is 1.83. The highest BCUT2D eigenvalue weighted by Gasteiger charge is 2.33. The summed E-state index contributed by atoms with van der Waals surface area (Å²) in [6.07, 6.45) is 5.36. The maximum absolute atomic E-state index is 12.1. The molecule has 0 aliphatic carbocycles. The van der Waals surface area contributed by atoms with Crippen LogP contribution in [0.3, 0.4) is 0 Å². The number of hydrogen-bond donors (Lipinski definition) is 0. The van der Waals surface area contributed by atoms with Gasteiger partial charge in [-0.1, -0.05) is 6.07 Å². The van der Waals surface area contributed by atoms with Gasteiger partial charge in [0.1, 0.15) is 0 Å². The number of halogens is 1. The lowest BCUT2D eigenvalue weighted by Gasteiger charge is -2.17. The zero-order valence-electron chi connectivity index (χ0n) is 11.6. The summed E-state index contributed by atoms with van der Waals surface area (Å²) < 4.78 is 24.2. The summed E-state index contributed by atoms with van der Waals surface area (Å²) in [5.41, 5.74) is 1.63. The minimum atomic E-state index is -3.60. The van der Waals surface area contributed by atoms with Crippen LogP contribution >= 0.6 is 10.7 Å². The van der Waals surface area contributed by atoms with Crippen LogP contribution in [0.25, 0.3) is 5.69 Å². The van der Waals surface area contributed by atoms with Crippen molar-refractivity contribution in [3.8, 4) is 5.69 Å². The third kappa shape index (κ3) is 3.31. The summed E-state index contributed by atoms with van der Waals surface area (Å²) in [5.74, 6) is -0.544. The highest BCUT2D eigenvalue weighted by atomic mass is 35.7. The maximum atomic E-state index is 12.1. The summed E-state index contributed by atoms with van der Waals surface area (Å²) in [7, 11) is 1.68. The Morgan fingerprint density at radius 3 is 2.77 bits per heavy atom. The van der Waals surface area contributed by atoms with Crippen LogP contribution in [0.2, 0.25) is 0 Å². The van der Waals surface area contributed by atoms with Gasteiger partial charge >= 0.3 is 0 Å². The van der Waals surface area contributed by atoms with Crippen LogP contribution in [0.15, 0.2) is 43.0 Å². The third-order valence-corrected chi connectivity index (χ3v) is 4.83. The Bertz CT molecular complexity index is 789. The SMILES string of the molecule is O=C1CC(CS(=O)(=O)Cl)CN1c1cccc(-n2ccnc2)c1. The number of amides is 1. The fourth-order valence-corrected chi connectivity index (χ4v) is 3.98. The predicted octanol–water partition coefficient (Wildman–Crippen LogP) is 1.79. The fourth-order valence-electron chi connectivity index (χ4n) is 2.66. The molecular weight excluding hydrogens is 326 g/mol. The molecule has 3 rings (SSSR count). The van der Waals surface area contributed by atoms with E-state index < -0.39 is 9.05 Å². The Hall–Kier alpha value is -1.86. The smallest absolute Gasteiger partial charge is 0.232 e. The Labute approximate surface area is 132 Å². The Morgan fingerprint density at radius 1 is 1.32 bits per heavy atom. The summed E-state index contributed by atoms with van der Waals surface area (Å²) in [6, 6.07) is 7.46. The summed E-state index contributed by atoms with van der Waals surface area (Å²) in [4.78, 5) is 17.7. The summed E-state index contributed by atoms with van der Waals surface area (Å²) >= 11 is 0. The molecule has 2 aromatic rings. The summed E-state index contributed by atoms with van der Waals surface area (Å²) in [6.45, 7) is 0.359. The van der Waals surface area contributed by atoms with E-state index in [1.54, 1.807) is 17.4 Å². The van der Waals surface area contributed by atoms with Gasteiger partial charge in [0.25, 0.3) is 0 Å². The Kier molecular flexibility index (Phi) is 3.92. The van der Waals surface area contributed by atoms with E-state index in [0.717, 1.165) is 11.4 Å². The molecule has 1 saturated heterocycles. The van der Waals surface area contributed by atoms with Crippen molar-refractivity contribution in [1.29, 1.82) is 0 Å². The number of anilines is 1.